The molecule has 0 saturated carbocycles. The summed E-state index contributed by atoms with van der Waals surface area (Å²) >= 11 is 0. The minimum atomic E-state index is -4.35. The molecule has 0 radical (unpaired) electrons. The zero-order chi connectivity index (χ0) is 28.6. The van der Waals surface area contributed by atoms with E-state index in [1.807, 2.05) is 27.7 Å². The molecular weight excluding hydrogens is 525 g/mol. The summed E-state index contributed by atoms with van der Waals surface area (Å²) in [6.45, 7) is 8.08. The highest BCUT2D eigenvalue weighted by Crippen LogP contribution is 2.38. The summed E-state index contributed by atoms with van der Waals surface area (Å²) in [5.74, 6) is -1.14. The number of Topliss-reactive ketones (excluding diaryl/α,β-unsaturated/α-hetero) is 1. The molecule has 3 heterocycles. The largest absolute Gasteiger partial charge is 0.384 e. The van der Waals surface area contributed by atoms with Crippen LogP contribution >= 0.6 is 0 Å². The van der Waals surface area contributed by atoms with Crippen molar-refractivity contribution in [3.05, 3.63) is 65.7 Å². The monoisotopic (exact) mass is 559 g/mol. The first kappa shape index (κ1) is 28.7. The molecule has 1 aromatic heterocycles. The van der Waals surface area contributed by atoms with Crippen LogP contribution in [0, 0.1) is 5.92 Å². The van der Waals surface area contributed by atoms with E-state index >= 15 is 0 Å². The van der Waals surface area contributed by atoms with Gasteiger partial charge >= 0.3 is 0 Å². The molecule has 2 atom stereocenters. The number of nitrogen functional groups attached to an aromatic ring is 1. The summed E-state index contributed by atoms with van der Waals surface area (Å²) in [7, 11) is -4.35. The number of ether oxygens (including phenoxy) is 1. The molecule has 1 aromatic rings. The van der Waals surface area contributed by atoms with Gasteiger partial charge < -0.3 is 15.8 Å². The smallest absolute Gasteiger partial charge is 0.281 e. The fraction of sp³-hybridized carbons (Fsp3) is 0.444. The van der Waals surface area contributed by atoms with Crippen LogP contribution in [0.15, 0.2) is 70.7 Å². The number of carbonyl (C=O) groups is 2. The van der Waals surface area contributed by atoms with Crippen LogP contribution in [0.1, 0.15) is 40.5 Å². The van der Waals surface area contributed by atoms with Gasteiger partial charge in [0, 0.05) is 24.1 Å². The molecule has 2 unspecified atom stereocenters. The minimum Gasteiger partial charge on any atom is -0.384 e. The number of hydrogen-bond donors (Lipinski definition) is 3. The second-order valence-corrected chi connectivity index (χ2v) is 12.6. The van der Waals surface area contributed by atoms with E-state index in [1.165, 1.54) is 30.4 Å². The highest BCUT2D eigenvalue weighted by Gasteiger charge is 2.47. The minimum absolute atomic E-state index is 0.0137. The average Bonchev–Trinajstić information content (AvgIpc) is 3.13. The van der Waals surface area contributed by atoms with Gasteiger partial charge in [-0.25, -0.2) is 14.1 Å². The molecule has 39 heavy (non-hydrogen) atoms. The predicted octanol–water partition coefficient (Wildman–Crippen LogP) is 2.49. The number of sulfonamides is 1. The van der Waals surface area contributed by atoms with E-state index in [-0.39, 0.29) is 48.3 Å². The number of pyridine rings is 1. The first-order chi connectivity index (χ1) is 18.2. The standard InChI is InChI=1S/C27H34FN5O5S/c1-17(2)16-38-27(12-6-7-18(28)13-27)21-11-10-20(24(30-21)33-15-19(34)14-26(33,3)4)25(35)32-39(36,37)23-9-5-8-22(29)31-23/h5-12,17,24,30H,13-16H2,1-4H3,(H2,29,31)(H,32,35). The fourth-order valence-corrected chi connectivity index (χ4v) is 5.85. The number of ketones is 1. The number of halogens is 1. The molecular formula is C27H34FN5O5S. The maximum absolute atomic E-state index is 14.6. The van der Waals surface area contributed by atoms with Crippen molar-refractivity contribution in [1.82, 2.24) is 19.9 Å². The lowest BCUT2D eigenvalue weighted by Crippen LogP contribution is -2.58. The summed E-state index contributed by atoms with van der Waals surface area (Å²) in [6.07, 6.45) is 7.05. The highest BCUT2D eigenvalue weighted by molar-refractivity contribution is 7.90. The van der Waals surface area contributed by atoms with Crippen LogP contribution in [0.2, 0.25) is 0 Å². The normalized spacial score (nSPS) is 25.1. The molecule has 0 bridgehead atoms. The van der Waals surface area contributed by atoms with Crippen molar-refractivity contribution in [2.75, 3.05) is 18.9 Å². The number of anilines is 1. The zero-order valence-corrected chi connectivity index (χ0v) is 23.2. The third kappa shape index (κ3) is 6.13. The molecule has 4 rings (SSSR count). The van der Waals surface area contributed by atoms with E-state index in [1.54, 1.807) is 23.1 Å². The van der Waals surface area contributed by atoms with Crippen LogP contribution in [0.25, 0.3) is 0 Å². The van der Waals surface area contributed by atoms with Crippen molar-refractivity contribution in [3.63, 3.8) is 0 Å². The third-order valence-corrected chi connectivity index (χ3v) is 8.03. The molecule has 4 N–H and O–H groups in total. The van der Waals surface area contributed by atoms with Crippen molar-refractivity contribution < 1.29 is 27.1 Å². The molecule has 10 nitrogen and oxygen atoms in total. The number of nitrogens with two attached hydrogens (primary N) is 1. The van der Waals surface area contributed by atoms with Crippen LogP contribution in [-0.4, -0.2) is 60.4 Å². The molecule has 2 aliphatic heterocycles. The van der Waals surface area contributed by atoms with Gasteiger partial charge in [0.25, 0.3) is 15.9 Å². The van der Waals surface area contributed by atoms with E-state index in [0.717, 1.165) is 0 Å². The summed E-state index contributed by atoms with van der Waals surface area (Å²) in [5.41, 5.74) is 4.35. The summed E-state index contributed by atoms with van der Waals surface area (Å²) in [4.78, 5) is 31.5. The topological polar surface area (TPSA) is 144 Å². The number of aromatic nitrogens is 1. The lowest BCUT2D eigenvalue weighted by Gasteiger charge is -2.44. The van der Waals surface area contributed by atoms with E-state index in [9.17, 15) is 22.4 Å². The van der Waals surface area contributed by atoms with Crippen molar-refractivity contribution in [2.45, 2.75) is 62.9 Å². The Morgan fingerprint density at radius 1 is 1.28 bits per heavy atom. The Labute approximate surface area is 227 Å². The van der Waals surface area contributed by atoms with E-state index in [2.05, 4.69) is 15.0 Å². The first-order valence-corrected chi connectivity index (χ1v) is 14.2. The molecule has 1 fully saturated rings. The van der Waals surface area contributed by atoms with Gasteiger partial charge in [0.15, 0.2) is 5.03 Å². The molecule has 3 aliphatic rings. The number of carbonyl (C=O) groups excluding carboxylic acids is 2. The summed E-state index contributed by atoms with van der Waals surface area (Å²) in [5, 5.41) is 2.89. The number of nitrogens with zero attached hydrogens (tertiary/aromatic N) is 2. The Morgan fingerprint density at radius 2 is 2.03 bits per heavy atom. The lowest BCUT2D eigenvalue weighted by atomic mass is 9.87. The van der Waals surface area contributed by atoms with Crippen LogP contribution in [0.3, 0.4) is 0 Å². The zero-order valence-electron chi connectivity index (χ0n) is 22.4. The molecule has 0 aromatic carbocycles. The van der Waals surface area contributed by atoms with Crippen molar-refractivity contribution in [3.8, 4) is 0 Å². The van der Waals surface area contributed by atoms with Gasteiger partial charge in [0.05, 0.1) is 18.7 Å². The SMILES string of the molecule is CC(C)COC1(C2=CC=C(C(=O)NS(=O)(=O)c3cccc(N)n3)C(N3CC(=O)CC3(C)C)N2)C=CC=C(F)C1. The first-order valence-electron chi connectivity index (χ1n) is 12.7. The fourth-order valence-electron chi connectivity index (χ4n) is 4.90. The van der Waals surface area contributed by atoms with E-state index < -0.39 is 38.3 Å². The molecule has 12 heteroatoms. The van der Waals surface area contributed by atoms with Gasteiger partial charge in [-0.2, -0.15) is 8.42 Å². The second kappa shape index (κ2) is 10.7. The highest BCUT2D eigenvalue weighted by atomic mass is 32.2. The third-order valence-electron chi connectivity index (χ3n) is 6.80. The molecule has 0 spiro atoms. The molecule has 1 saturated heterocycles. The maximum atomic E-state index is 14.6. The number of dihydropyridines is 1. The van der Waals surface area contributed by atoms with Crippen LogP contribution in [-0.2, 0) is 24.3 Å². The molecule has 1 aliphatic carbocycles. The van der Waals surface area contributed by atoms with Crippen LogP contribution < -0.4 is 15.8 Å². The number of rotatable bonds is 8. The Morgan fingerprint density at radius 3 is 2.64 bits per heavy atom. The molecule has 1 amide bonds. The van der Waals surface area contributed by atoms with Gasteiger partial charge in [-0.15, -0.1) is 0 Å². The molecule has 210 valence electrons. The Kier molecular flexibility index (Phi) is 7.84. The van der Waals surface area contributed by atoms with Gasteiger partial charge in [0.2, 0.25) is 0 Å². The van der Waals surface area contributed by atoms with Crippen molar-refractivity contribution in [2.24, 2.45) is 5.92 Å². The lowest BCUT2D eigenvalue weighted by molar-refractivity contribution is -0.118. The van der Waals surface area contributed by atoms with Crippen molar-refractivity contribution in [1.29, 1.82) is 0 Å². The Hall–Kier alpha value is -3.35. The number of allylic oxidation sites excluding steroid dienone is 4. The Balaban J connectivity index is 1.74. The Bertz CT molecular complexity index is 1400. The number of hydrogen-bond acceptors (Lipinski definition) is 9. The van der Waals surface area contributed by atoms with Crippen molar-refractivity contribution >= 4 is 27.5 Å². The number of likely N-dealkylation sites (tertiary alicyclic amines) is 1. The summed E-state index contributed by atoms with van der Waals surface area (Å²) in [6, 6.07) is 4.07. The van der Waals surface area contributed by atoms with Gasteiger partial charge in [-0.1, -0.05) is 26.0 Å². The summed E-state index contributed by atoms with van der Waals surface area (Å²) < 4.78 is 48.7. The van der Waals surface area contributed by atoms with Crippen LogP contribution in [0.4, 0.5) is 10.2 Å². The van der Waals surface area contributed by atoms with Gasteiger partial charge in [-0.3, -0.25) is 14.5 Å². The second-order valence-electron chi connectivity index (χ2n) is 11.0. The van der Waals surface area contributed by atoms with Crippen LogP contribution in [0.5, 0.6) is 0 Å². The van der Waals surface area contributed by atoms with Gasteiger partial charge in [0.1, 0.15) is 29.2 Å². The van der Waals surface area contributed by atoms with E-state index in [4.69, 9.17) is 10.5 Å². The van der Waals surface area contributed by atoms with Gasteiger partial charge in [-0.05, 0) is 56.2 Å². The quantitative estimate of drug-likeness (QED) is 0.438. The maximum Gasteiger partial charge on any atom is 0.281 e. The average molecular weight is 560 g/mol. The van der Waals surface area contributed by atoms with E-state index in [0.29, 0.717) is 12.3 Å². The predicted molar refractivity (Wildman–Crippen MR) is 144 cm³/mol. The number of nitrogens with one attached hydrogen (secondary N) is 2. The number of amides is 1.